The van der Waals surface area contributed by atoms with E-state index >= 15 is 0 Å². The number of amides is 2. The maximum absolute atomic E-state index is 12.4. The Kier molecular flexibility index (Phi) is 9.14. The highest BCUT2D eigenvalue weighted by molar-refractivity contribution is 6.09. The summed E-state index contributed by atoms with van der Waals surface area (Å²) in [6.45, 7) is 4.47. The van der Waals surface area contributed by atoms with Gasteiger partial charge < -0.3 is 15.4 Å². The second-order valence-corrected chi connectivity index (χ2v) is 6.74. The van der Waals surface area contributed by atoms with E-state index in [1.165, 1.54) is 11.6 Å². The molecule has 0 aromatic heterocycles. The minimum Gasteiger partial charge on any atom is -0.484 e. The molecule has 0 aliphatic heterocycles. The lowest BCUT2D eigenvalue weighted by Gasteiger charge is -2.07. The first-order chi connectivity index (χ1) is 14.5. The van der Waals surface area contributed by atoms with E-state index in [-0.39, 0.29) is 18.1 Å². The first-order valence-electron chi connectivity index (χ1n) is 10.1. The van der Waals surface area contributed by atoms with Gasteiger partial charge in [0.1, 0.15) is 17.4 Å². The van der Waals surface area contributed by atoms with Crippen molar-refractivity contribution in [3.63, 3.8) is 0 Å². The lowest BCUT2D eigenvalue weighted by atomic mass is 10.1. The standard InChI is InChI=1S/C24H27N3O3/c1-3-5-6-18-7-11-21(12-8-18)27-24(29)20(16-25)15-19-9-13-22(14-10-19)30-17-23(28)26-4-2/h7-15H,3-6,17H2,1-2H3,(H,26,28)(H,27,29)/b20-15-. The average Bonchev–Trinajstić information content (AvgIpc) is 2.76. The Labute approximate surface area is 177 Å². The van der Waals surface area contributed by atoms with Gasteiger partial charge in [-0.25, -0.2) is 0 Å². The Balaban J connectivity index is 1.98. The summed E-state index contributed by atoms with van der Waals surface area (Å²) in [6, 6.07) is 16.4. The first-order valence-corrected chi connectivity index (χ1v) is 10.1. The van der Waals surface area contributed by atoms with Crippen LogP contribution in [0.3, 0.4) is 0 Å². The summed E-state index contributed by atoms with van der Waals surface area (Å²) in [7, 11) is 0. The van der Waals surface area contributed by atoms with Crippen LogP contribution in [0.25, 0.3) is 6.08 Å². The van der Waals surface area contributed by atoms with Gasteiger partial charge in [-0.3, -0.25) is 9.59 Å². The van der Waals surface area contributed by atoms with Crippen LogP contribution in [0.5, 0.6) is 5.75 Å². The molecule has 0 fully saturated rings. The number of rotatable bonds is 10. The van der Waals surface area contributed by atoms with Gasteiger partial charge in [-0.05, 0) is 61.2 Å². The molecule has 2 aromatic carbocycles. The number of nitrogens with zero attached hydrogens (tertiary/aromatic N) is 1. The first kappa shape index (κ1) is 22.7. The van der Waals surface area contributed by atoms with Gasteiger partial charge in [-0.15, -0.1) is 0 Å². The van der Waals surface area contributed by atoms with Crippen LogP contribution >= 0.6 is 0 Å². The van der Waals surface area contributed by atoms with Gasteiger partial charge in [0, 0.05) is 12.2 Å². The van der Waals surface area contributed by atoms with Crippen molar-refractivity contribution in [3.8, 4) is 11.8 Å². The molecular weight excluding hydrogens is 378 g/mol. The van der Waals surface area contributed by atoms with Crippen molar-refractivity contribution in [2.24, 2.45) is 0 Å². The molecule has 6 heteroatoms. The summed E-state index contributed by atoms with van der Waals surface area (Å²) < 4.78 is 5.39. The Hall–Kier alpha value is -3.59. The van der Waals surface area contributed by atoms with E-state index < -0.39 is 5.91 Å². The van der Waals surface area contributed by atoms with Gasteiger partial charge in [0.15, 0.2) is 6.61 Å². The van der Waals surface area contributed by atoms with Crippen LogP contribution in [0.2, 0.25) is 0 Å². The van der Waals surface area contributed by atoms with Gasteiger partial charge in [-0.2, -0.15) is 5.26 Å². The van der Waals surface area contributed by atoms with Gasteiger partial charge >= 0.3 is 0 Å². The van der Waals surface area contributed by atoms with Crippen molar-refractivity contribution >= 4 is 23.6 Å². The molecule has 0 heterocycles. The van der Waals surface area contributed by atoms with Crippen LogP contribution in [0.4, 0.5) is 5.69 Å². The quantitative estimate of drug-likeness (QED) is 0.460. The topological polar surface area (TPSA) is 91.2 Å². The molecular formula is C24H27N3O3. The van der Waals surface area contributed by atoms with E-state index in [0.29, 0.717) is 23.5 Å². The third-order valence-electron chi connectivity index (χ3n) is 4.33. The highest BCUT2D eigenvalue weighted by atomic mass is 16.5. The highest BCUT2D eigenvalue weighted by Crippen LogP contribution is 2.16. The molecule has 2 N–H and O–H groups in total. The van der Waals surface area contributed by atoms with Crippen LogP contribution in [-0.2, 0) is 16.0 Å². The Morgan fingerprint density at radius 2 is 1.77 bits per heavy atom. The van der Waals surface area contributed by atoms with Crippen molar-refractivity contribution < 1.29 is 14.3 Å². The number of nitriles is 1. The van der Waals surface area contributed by atoms with Crippen LogP contribution in [-0.4, -0.2) is 25.0 Å². The second-order valence-electron chi connectivity index (χ2n) is 6.74. The molecule has 2 rings (SSSR count). The van der Waals surface area contributed by atoms with Crippen molar-refractivity contribution in [1.82, 2.24) is 5.32 Å². The Morgan fingerprint density at radius 3 is 2.37 bits per heavy atom. The van der Waals surface area contributed by atoms with Crippen molar-refractivity contribution in [3.05, 3.63) is 65.2 Å². The molecule has 0 saturated heterocycles. The SMILES string of the molecule is CCCCc1ccc(NC(=O)/C(C#N)=C\c2ccc(OCC(=O)NCC)cc2)cc1. The summed E-state index contributed by atoms with van der Waals surface area (Å²) in [5.74, 6) is -0.122. The lowest BCUT2D eigenvalue weighted by Crippen LogP contribution is -2.28. The van der Waals surface area contributed by atoms with Crippen LogP contribution in [0.15, 0.2) is 54.1 Å². The van der Waals surface area contributed by atoms with E-state index in [1.54, 1.807) is 24.3 Å². The molecule has 0 aliphatic carbocycles. The molecule has 6 nitrogen and oxygen atoms in total. The van der Waals surface area contributed by atoms with Gasteiger partial charge in [0.25, 0.3) is 11.8 Å². The molecule has 0 bridgehead atoms. The molecule has 0 saturated carbocycles. The molecule has 156 valence electrons. The zero-order chi connectivity index (χ0) is 21.8. The molecule has 0 aliphatic rings. The number of nitrogens with one attached hydrogen (secondary N) is 2. The minimum atomic E-state index is -0.463. The van der Waals surface area contributed by atoms with E-state index in [0.717, 1.165) is 19.3 Å². The number of carbonyl (C=O) groups excluding carboxylic acids is 2. The zero-order valence-electron chi connectivity index (χ0n) is 17.4. The maximum Gasteiger partial charge on any atom is 0.266 e. The van der Waals surface area contributed by atoms with E-state index in [1.807, 2.05) is 37.3 Å². The number of benzene rings is 2. The molecule has 2 aromatic rings. The molecule has 0 spiro atoms. The second kappa shape index (κ2) is 12.1. The highest BCUT2D eigenvalue weighted by Gasteiger charge is 2.10. The summed E-state index contributed by atoms with van der Waals surface area (Å²) in [6.07, 6.45) is 4.79. The van der Waals surface area contributed by atoms with Gasteiger partial charge in [0.2, 0.25) is 0 Å². The van der Waals surface area contributed by atoms with Crippen LogP contribution in [0.1, 0.15) is 37.8 Å². The third-order valence-corrected chi connectivity index (χ3v) is 4.33. The van der Waals surface area contributed by atoms with E-state index in [2.05, 4.69) is 17.6 Å². The number of hydrogen-bond donors (Lipinski definition) is 2. The third kappa shape index (κ3) is 7.44. The van der Waals surface area contributed by atoms with Gasteiger partial charge in [0.05, 0.1) is 0 Å². The number of carbonyl (C=O) groups is 2. The number of aryl methyl sites for hydroxylation is 1. The van der Waals surface area contributed by atoms with E-state index in [4.69, 9.17) is 4.74 Å². The number of ether oxygens (including phenoxy) is 1. The van der Waals surface area contributed by atoms with E-state index in [9.17, 15) is 14.9 Å². The summed E-state index contributed by atoms with van der Waals surface area (Å²) in [4.78, 5) is 23.9. The maximum atomic E-state index is 12.4. The number of likely N-dealkylation sites (N-methyl/N-ethyl adjacent to an activating group) is 1. The van der Waals surface area contributed by atoms with Crippen LogP contribution < -0.4 is 15.4 Å². The number of hydrogen-bond acceptors (Lipinski definition) is 4. The zero-order valence-corrected chi connectivity index (χ0v) is 17.4. The summed E-state index contributed by atoms with van der Waals surface area (Å²) >= 11 is 0. The monoisotopic (exact) mass is 405 g/mol. The fourth-order valence-electron chi connectivity index (χ4n) is 2.71. The molecule has 0 unspecified atom stereocenters. The summed E-state index contributed by atoms with van der Waals surface area (Å²) in [5, 5.41) is 14.8. The molecule has 30 heavy (non-hydrogen) atoms. The predicted molar refractivity (Wildman–Crippen MR) is 118 cm³/mol. The minimum absolute atomic E-state index is 0.000974. The van der Waals surface area contributed by atoms with Crippen molar-refractivity contribution in [2.45, 2.75) is 33.1 Å². The van der Waals surface area contributed by atoms with Gasteiger partial charge in [-0.1, -0.05) is 37.6 Å². The Bertz CT molecular complexity index is 910. The van der Waals surface area contributed by atoms with Crippen molar-refractivity contribution in [1.29, 1.82) is 5.26 Å². The molecule has 2 amide bonds. The fourth-order valence-corrected chi connectivity index (χ4v) is 2.71. The van der Waals surface area contributed by atoms with Crippen LogP contribution in [0, 0.1) is 11.3 Å². The fraction of sp³-hybridized carbons (Fsp3) is 0.292. The lowest BCUT2D eigenvalue weighted by molar-refractivity contribution is -0.123. The average molecular weight is 405 g/mol. The Morgan fingerprint density at radius 1 is 1.07 bits per heavy atom. The number of unbranched alkanes of at least 4 members (excludes halogenated alkanes) is 1. The number of anilines is 1. The molecule has 0 radical (unpaired) electrons. The smallest absolute Gasteiger partial charge is 0.266 e. The normalized spacial score (nSPS) is 10.8. The summed E-state index contributed by atoms with van der Waals surface area (Å²) in [5.41, 5.74) is 2.55. The largest absolute Gasteiger partial charge is 0.484 e. The van der Waals surface area contributed by atoms with Crippen molar-refractivity contribution in [2.75, 3.05) is 18.5 Å². The molecule has 0 atom stereocenters. The predicted octanol–water partition coefficient (Wildman–Crippen LogP) is 4.09.